The van der Waals surface area contributed by atoms with Crippen LogP contribution in [0.1, 0.15) is 36.2 Å². The summed E-state index contributed by atoms with van der Waals surface area (Å²) in [5.74, 6) is 1.37. The summed E-state index contributed by atoms with van der Waals surface area (Å²) in [5.41, 5.74) is 1.69. The number of benzene rings is 2. The van der Waals surface area contributed by atoms with Gasteiger partial charge in [0.25, 0.3) is 5.91 Å². The third-order valence-electron chi connectivity index (χ3n) is 3.67. The van der Waals surface area contributed by atoms with Crippen LogP contribution in [0.4, 0.5) is 0 Å². The molecule has 1 N–H and O–H groups in total. The lowest BCUT2D eigenvalue weighted by atomic mass is 10.1. The van der Waals surface area contributed by atoms with E-state index in [1.54, 1.807) is 18.2 Å². The Bertz CT molecular complexity index is 703. The Morgan fingerprint density at radius 2 is 1.76 bits per heavy atom. The molecule has 2 rings (SSSR count). The molecule has 0 aliphatic rings. The molecular formula is C20H24ClNO3. The number of nitrogens with one attached hydrogen (secondary N) is 1. The van der Waals surface area contributed by atoms with Crippen LogP contribution in [0.5, 0.6) is 11.5 Å². The largest absolute Gasteiger partial charge is 0.494 e. The van der Waals surface area contributed by atoms with Crippen LogP contribution in [0.25, 0.3) is 0 Å². The van der Waals surface area contributed by atoms with E-state index in [-0.39, 0.29) is 5.91 Å². The molecule has 0 saturated carbocycles. The van der Waals surface area contributed by atoms with Gasteiger partial charge in [-0.1, -0.05) is 29.8 Å². The van der Waals surface area contributed by atoms with E-state index < -0.39 is 0 Å². The molecule has 0 radical (unpaired) electrons. The number of ether oxygens (including phenoxy) is 2. The number of hydrogen-bond donors (Lipinski definition) is 1. The van der Waals surface area contributed by atoms with Crippen molar-refractivity contribution in [1.29, 1.82) is 0 Å². The molecule has 4 nitrogen and oxygen atoms in total. The molecule has 0 aliphatic heterocycles. The van der Waals surface area contributed by atoms with Crippen LogP contribution >= 0.6 is 11.6 Å². The van der Waals surface area contributed by atoms with Crippen LogP contribution in [-0.2, 0) is 6.42 Å². The topological polar surface area (TPSA) is 47.6 Å². The fourth-order valence-electron chi connectivity index (χ4n) is 2.50. The smallest absolute Gasteiger partial charge is 0.251 e. The van der Waals surface area contributed by atoms with Crippen LogP contribution in [0.15, 0.2) is 42.5 Å². The van der Waals surface area contributed by atoms with Crippen molar-refractivity contribution in [3.05, 3.63) is 58.6 Å². The van der Waals surface area contributed by atoms with Gasteiger partial charge in [-0.2, -0.15) is 0 Å². The van der Waals surface area contributed by atoms with Gasteiger partial charge in [0.1, 0.15) is 11.5 Å². The van der Waals surface area contributed by atoms with Gasteiger partial charge in [0, 0.05) is 12.1 Å². The zero-order chi connectivity index (χ0) is 18.1. The Balaban J connectivity index is 1.84. The Kier molecular flexibility index (Phi) is 7.61. The van der Waals surface area contributed by atoms with Crippen LogP contribution in [0.3, 0.4) is 0 Å². The second-order valence-corrected chi connectivity index (χ2v) is 5.89. The average Bonchev–Trinajstić information content (AvgIpc) is 2.62. The molecule has 5 heteroatoms. The Labute approximate surface area is 154 Å². The van der Waals surface area contributed by atoms with Crippen LogP contribution in [-0.4, -0.2) is 25.7 Å². The molecule has 0 spiro atoms. The predicted octanol–water partition coefficient (Wildman–Crippen LogP) is 4.50. The molecule has 25 heavy (non-hydrogen) atoms. The Hall–Kier alpha value is -2.20. The highest BCUT2D eigenvalue weighted by Gasteiger charge is 2.09. The second-order valence-electron chi connectivity index (χ2n) is 5.48. The lowest BCUT2D eigenvalue weighted by Crippen LogP contribution is -2.24. The minimum Gasteiger partial charge on any atom is -0.494 e. The molecule has 2 aromatic rings. The summed E-state index contributed by atoms with van der Waals surface area (Å²) < 4.78 is 11.0. The van der Waals surface area contributed by atoms with Crippen LogP contribution < -0.4 is 14.8 Å². The normalized spacial score (nSPS) is 10.4. The van der Waals surface area contributed by atoms with Gasteiger partial charge in [0.15, 0.2) is 0 Å². The van der Waals surface area contributed by atoms with Crippen molar-refractivity contribution in [1.82, 2.24) is 5.32 Å². The number of para-hydroxylation sites is 1. The number of amides is 1. The average molecular weight is 362 g/mol. The summed E-state index contributed by atoms with van der Waals surface area (Å²) in [6.07, 6.45) is 1.68. The van der Waals surface area contributed by atoms with E-state index in [0.29, 0.717) is 36.1 Å². The van der Waals surface area contributed by atoms with Gasteiger partial charge >= 0.3 is 0 Å². The fraction of sp³-hybridized carbons (Fsp3) is 0.350. The summed E-state index contributed by atoms with van der Waals surface area (Å²) in [6.45, 7) is 5.63. The van der Waals surface area contributed by atoms with E-state index in [1.807, 2.05) is 32.0 Å². The molecule has 0 saturated heterocycles. The molecule has 0 unspecified atom stereocenters. The molecule has 1 amide bonds. The molecule has 0 aliphatic carbocycles. The standard InChI is InChI=1S/C20H24ClNO3/c1-3-24-18-10-6-5-8-15(18)9-7-13-22-20(23)16-11-12-19(25-4-2)17(21)14-16/h5-6,8,10-12,14H,3-4,7,9,13H2,1-2H3,(H,22,23). The first-order valence-electron chi connectivity index (χ1n) is 8.57. The van der Waals surface area contributed by atoms with Crippen molar-refractivity contribution >= 4 is 17.5 Å². The Morgan fingerprint density at radius 1 is 1.04 bits per heavy atom. The van der Waals surface area contributed by atoms with Gasteiger partial charge < -0.3 is 14.8 Å². The SMILES string of the molecule is CCOc1ccc(C(=O)NCCCc2ccccc2OCC)cc1Cl. The predicted molar refractivity (Wildman–Crippen MR) is 101 cm³/mol. The number of halogens is 1. The molecule has 134 valence electrons. The first-order chi connectivity index (χ1) is 12.2. The summed E-state index contributed by atoms with van der Waals surface area (Å²) in [6, 6.07) is 13.1. The van der Waals surface area contributed by atoms with Gasteiger partial charge in [-0.05, 0) is 56.5 Å². The van der Waals surface area contributed by atoms with Crippen molar-refractivity contribution in [3.63, 3.8) is 0 Å². The van der Waals surface area contributed by atoms with E-state index >= 15 is 0 Å². The number of rotatable bonds is 9. The monoisotopic (exact) mass is 361 g/mol. The molecular weight excluding hydrogens is 338 g/mol. The quantitative estimate of drug-likeness (QED) is 0.669. The Morgan fingerprint density at radius 3 is 2.48 bits per heavy atom. The third-order valence-corrected chi connectivity index (χ3v) is 3.97. The van der Waals surface area contributed by atoms with E-state index in [1.165, 1.54) is 0 Å². The molecule has 0 fully saturated rings. The molecule has 0 heterocycles. The van der Waals surface area contributed by atoms with Gasteiger partial charge in [-0.15, -0.1) is 0 Å². The highest BCUT2D eigenvalue weighted by molar-refractivity contribution is 6.32. The van der Waals surface area contributed by atoms with Crippen molar-refractivity contribution in [3.8, 4) is 11.5 Å². The molecule has 0 atom stereocenters. The van der Waals surface area contributed by atoms with Crippen molar-refractivity contribution in [2.24, 2.45) is 0 Å². The highest BCUT2D eigenvalue weighted by Crippen LogP contribution is 2.25. The van der Waals surface area contributed by atoms with Gasteiger partial charge in [0.2, 0.25) is 0 Å². The lowest BCUT2D eigenvalue weighted by molar-refractivity contribution is 0.0953. The van der Waals surface area contributed by atoms with E-state index in [9.17, 15) is 4.79 Å². The van der Waals surface area contributed by atoms with Crippen molar-refractivity contribution in [2.45, 2.75) is 26.7 Å². The molecule has 0 bridgehead atoms. The minimum atomic E-state index is -0.136. The van der Waals surface area contributed by atoms with E-state index in [0.717, 1.165) is 24.2 Å². The summed E-state index contributed by atoms with van der Waals surface area (Å²) in [4.78, 5) is 12.2. The third kappa shape index (κ3) is 5.68. The van der Waals surface area contributed by atoms with Gasteiger partial charge in [0.05, 0.1) is 18.2 Å². The first kappa shape index (κ1) is 19.1. The van der Waals surface area contributed by atoms with Crippen LogP contribution in [0.2, 0.25) is 5.02 Å². The zero-order valence-corrected chi connectivity index (χ0v) is 15.4. The minimum absolute atomic E-state index is 0.136. The van der Waals surface area contributed by atoms with Crippen molar-refractivity contribution < 1.29 is 14.3 Å². The van der Waals surface area contributed by atoms with Crippen molar-refractivity contribution in [2.75, 3.05) is 19.8 Å². The van der Waals surface area contributed by atoms with E-state index in [4.69, 9.17) is 21.1 Å². The summed E-state index contributed by atoms with van der Waals surface area (Å²) >= 11 is 6.12. The maximum Gasteiger partial charge on any atom is 0.251 e. The highest BCUT2D eigenvalue weighted by atomic mass is 35.5. The second kappa shape index (κ2) is 9.94. The maximum atomic E-state index is 12.2. The first-order valence-corrected chi connectivity index (χ1v) is 8.94. The van der Waals surface area contributed by atoms with Crippen LogP contribution in [0, 0.1) is 0 Å². The van der Waals surface area contributed by atoms with Gasteiger partial charge in [-0.3, -0.25) is 4.79 Å². The summed E-state index contributed by atoms with van der Waals surface area (Å²) in [7, 11) is 0. The maximum absolute atomic E-state index is 12.2. The fourth-order valence-corrected chi connectivity index (χ4v) is 2.74. The summed E-state index contributed by atoms with van der Waals surface area (Å²) in [5, 5.41) is 3.36. The van der Waals surface area contributed by atoms with E-state index in [2.05, 4.69) is 11.4 Å². The number of carbonyl (C=O) groups is 1. The number of hydrogen-bond acceptors (Lipinski definition) is 3. The molecule has 2 aromatic carbocycles. The molecule has 0 aromatic heterocycles. The number of carbonyl (C=O) groups excluding carboxylic acids is 1. The number of aryl methyl sites for hydroxylation is 1. The zero-order valence-electron chi connectivity index (χ0n) is 14.7. The van der Waals surface area contributed by atoms with Gasteiger partial charge in [-0.25, -0.2) is 0 Å². The lowest BCUT2D eigenvalue weighted by Gasteiger charge is -2.11.